The molecule has 0 fully saturated rings. The van der Waals surface area contributed by atoms with Crippen LogP contribution in [0.3, 0.4) is 0 Å². The number of hydrogen-bond donors (Lipinski definition) is 1. The molecule has 28 heavy (non-hydrogen) atoms. The average Bonchev–Trinajstić information content (AvgIpc) is 3.23. The van der Waals surface area contributed by atoms with Gasteiger partial charge in [-0.15, -0.1) is 0 Å². The molecule has 1 heterocycles. The number of carbonyl (C=O) groups excluding carboxylic acids is 1. The largest absolute Gasteiger partial charge is 0.352 e. The number of aromatic nitrogens is 2. The maximum absolute atomic E-state index is 12.5. The van der Waals surface area contributed by atoms with Gasteiger partial charge in [-0.05, 0) is 54.4 Å². The van der Waals surface area contributed by atoms with E-state index in [0.717, 1.165) is 23.4 Å². The van der Waals surface area contributed by atoms with E-state index >= 15 is 0 Å². The van der Waals surface area contributed by atoms with Crippen LogP contribution in [-0.2, 0) is 16.3 Å². The number of rotatable bonds is 7. The van der Waals surface area contributed by atoms with Gasteiger partial charge in [0.05, 0.1) is 10.6 Å². The van der Waals surface area contributed by atoms with Gasteiger partial charge in [0, 0.05) is 24.5 Å². The van der Waals surface area contributed by atoms with Crippen LogP contribution in [0, 0.1) is 0 Å². The molecule has 0 aliphatic carbocycles. The zero-order valence-corrected chi connectivity index (χ0v) is 15.4. The number of sulfone groups is 1. The van der Waals surface area contributed by atoms with Crippen LogP contribution in [0.4, 0.5) is 8.78 Å². The standard InChI is InChI=1S/C19H17F2N3O3S/c20-19(21)28(26,27)17-8-4-15(5-9-17)18(25)22-12-10-14-2-6-16(7-3-14)24-13-1-11-23-24/h1-9,11,13,19H,10,12H2,(H,22,25). The van der Waals surface area contributed by atoms with Gasteiger partial charge in [0.2, 0.25) is 9.84 Å². The molecule has 9 heteroatoms. The van der Waals surface area contributed by atoms with Crippen molar-refractivity contribution in [1.82, 2.24) is 15.1 Å². The van der Waals surface area contributed by atoms with E-state index in [1.165, 1.54) is 12.1 Å². The summed E-state index contributed by atoms with van der Waals surface area (Å²) in [5.74, 6) is -3.90. The first-order chi connectivity index (χ1) is 13.4. The highest BCUT2D eigenvalue weighted by Gasteiger charge is 2.26. The zero-order chi connectivity index (χ0) is 20.1. The lowest BCUT2D eigenvalue weighted by Crippen LogP contribution is -2.25. The molecule has 3 aromatic rings. The lowest BCUT2D eigenvalue weighted by molar-refractivity contribution is 0.0954. The summed E-state index contributed by atoms with van der Waals surface area (Å²) in [6.45, 7) is 0.372. The van der Waals surface area contributed by atoms with E-state index in [1.807, 2.05) is 36.5 Å². The third kappa shape index (κ3) is 4.42. The maximum atomic E-state index is 12.5. The lowest BCUT2D eigenvalue weighted by atomic mass is 10.1. The predicted molar refractivity (Wildman–Crippen MR) is 99.2 cm³/mol. The minimum absolute atomic E-state index is 0.197. The van der Waals surface area contributed by atoms with Crippen molar-refractivity contribution in [3.05, 3.63) is 78.1 Å². The van der Waals surface area contributed by atoms with Crippen LogP contribution < -0.4 is 5.32 Å². The fraction of sp³-hybridized carbons (Fsp3) is 0.158. The Kier molecular flexibility index (Phi) is 5.84. The Morgan fingerprint density at radius 2 is 1.75 bits per heavy atom. The van der Waals surface area contributed by atoms with Crippen LogP contribution in [0.5, 0.6) is 0 Å². The average molecular weight is 405 g/mol. The minimum atomic E-state index is -4.66. The Balaban J connectivity index is 1.54. The van der Waals surface area contributed by atoms with Crippen LogP contribution in [-0.4, -0.2) is 36.4 Å². The van der Waals surface area contributed by atoms with Crippen LogP contribution in [0.15, 0.2) is 71.9 Å². The highest BCUT2D eigenvalue weighted by Crippen LogP contribution is 2.18. The monoisotopic (exact) mass is 405 g/mol. The molecule has 0 spiro atoms. The number of benzene rings is 2. The molecule has 0 bridgehead atoms. The third-order valence-electron chi connectivity index (χ3n) is 4.08. The second-order valence-corrected chi connectivity index (χ2v) is 7.87. The van der Waals surface area contributed by atoms with Gasteiger partial charge in [0.25, 0.3) is 5.91 Å². The molecule has 2 aromatic carbocycles. The molecule has 0 unspecified atom stereocenters. The topological polar surface area (TPSA) is 81.1 Å². The number of carbonyl (C=O) groups is 1. The second-order valence-electron chi connectivity index (χ2n) is 5.95. The van der Waals surface area contributed by atoms with Gasteiger partial charge >= 0.3 is 5.76 Å². The lowest BCUT2D eigenvalue weighted by Gasteiger charge is -2.08. The summed E-state index contributed by atoms with van der Waals surface area (Å²) in [4.78, 5) is 11.6. The van der Waals surface area contributed by atoms with Crippen molar-refractivity contribution in [3.63, 3.8) is 0 Å². The van der Waals surface area contributed by atoms with Gasteiger partial charge in [0.15, 0.2) is 0 Å². The summed E-state index contributed by atoms with van der Waals surface area (Å²) in [5, 5.41) is 6.86. The summed E-state index contributed by atoms with van der Waals surface area (Å²) >= 11 is 0. The number of alkyl halides is 2. The van der Waals surface area contributed by atoms with E-state index in [4.69, 9.17) is 0 Å². The summed E-state index contributed by atoms with van der Waals surface area (Å²) in [5.41, 5.74) is 2.15. The van der Waals surface area contributed by atoms with Crippen LogP contribution >= 0.6 is 0 Å². The van der Waals surface area contributed by atoms with Crippen molar-refractivity contribution in [3.8, 4) is 5.69 Å². The van der Waals surface area contributed by atoms with Crippen molar-refractivity contribution in [1.29, 1.82) is 0 Å². The number of nitrogens with one attached hydrogen (secondary N) is 1. The molecule has 1 aromatic heterocycles. The highest BCUT2D eigenvalue weighted by molar-refractivity contribution is 7.91. The van der Waals surface area contributed by atoms with Crippen molar-refractivity contribution < 1.29 is 22.0 Å². The molecule has 1 N–H and O–H groups in total. The van der Waals surface area contributed by atoms with E-state index in [9.17, 15) is 22.0 Å². The van der Waals surface area contributed by atoms with Crippen molar-refractivity contribution >= 4 is 15.7 Å². The van der Waals surface area contributed by atoms with Gasteiger partial charge in [-0.3, -0.25) is 4.79 Å². The molecule has 0 saturated carbocycles. The van der Waals surface area contributed by atoms with E-state index in [0.29, 0.717) is 13.0 Å². The SMILES string of the molecule is O=C(NCCc1ccc(-n2cccn2)cc1)c1ccc(S(=O)(=O)C(F)F)cc1. The van der Waals surface area contributed by atoms with Crippen LogP contribution in [0.25, 0.3) is 5.69 Å². The molecule has 0 saturated heterocycles. The number of hydrogen-bond acceptors (Lipinski definition) is 4. The van der Waals surface area contributed by atoms with Crippen molar-refractivity contribution in [2.24, 2.45) is 0 Å². The molecule has 0 atom stereocenters. The summed E-state index contributed by atoms with van der Waals surface area (Å²) < 4.78 is 49.5. The van der Waals surface area contributed by atoms with Gasteiger partial charge in [-0.25, -0.2) is 13.1 Å². The van der Waals surface area contributed by atoms with E-state index in [-0.39, 0.29) is 5.56 Å². The first kappa shape index (κ1) is 19.7. The summed E-state index contributed by atoms with van der Waals surface area (Å²) in [7, 11) is -4.66. The Hall–Kier alpha value is -3.07. The molecule has 1 amide bonds. The molecule has 0 aliphatic rings. The minimum Gasteiger partial charge on any atom is -0.352 e. The van der Waals surface area contributed by atoms with Crippen LogP contribution in [0.1, 0.15) is 15.9 Å². The number of halogens is 2. The Labute approximate surface area is 160 Å². The first-order valence-electron chi connectivity index (χ1n) is 8.37. The summed E-state index contributed by atoms with van der Waals surface area (Å²) in [6.07, 6.45) is 4.13. The van der Waals surface area contributed by atoms with Crippen molar-refractivity contribution in [2.45, 2.75) is 17.1 Å². The van der Waals surface area contributed by atoms with E-state index in [1.54, 1.807) is 10.9 Å². The van der Waals surface area contributed by atoms with Gasteiger partial charge in [-0.1, -0.05) is 12.1 Å². The highest BCUT2D eigenvalue weighted by atomic mass is 32.2. The van der Waals surface area contributed by atoms with E-state index < -0.39 is 26.4 Å². The molecule has 6 nitrogen and oxygen atoms in total. The molecular weight excluding hydrogens is 388 g/mol. The molecule has 0 aliphatic heterocycles. The smallest absolute Gasteiger partial charge is 0.341 e. The maximum Gasteiger partial charge on any atom is 0.341 e. The second kappa shape index (κ2) is 8.30. The van der Waals surface area contributed by atoms with Gasteiger partial charge < -0.3 is 5.32 Å². The fourth-order valence-corrected chi connectivity index (χ4v) is 3.28. The molecule has 3 rings (SSSR count). The third-order valence-corrected chi connectivity index (χ3v) is 5.48. The zero-order valence-electron chi connectivity index (χ0n) is 14.6. The predicted octanol–water partition coefficient (Wildman–Crippen LogP) is 2.84. The Morgan fingerprint density at radius 1 is 1.07 bits per heavy atom. The Morgan fingerprint density at radius 3 is 2.32 bits per heavy atom. The quantitative estimate of drug-likeness (QED) is 0.655. The summed E-state index contributed by atoms with van der Waals surface area (Å²) in [6, 6.07) is 14.0. The van der Waals surface area contributed by atoms with Crippen LogP contribution in [0.2, 0.25) is 0 Å². The fourth-order valence-electron chi connectivity index (χ4n) is 2.56. The normalized spacial score (nSPS) is 11.5. The molecular formula is C19H17F2N3O3S. The Bertz CT molecular complexity index is 1030. The number of nitrogens with zero attached hydrogens (tertiary/aromatic N) is 2. The molecule has 146 valence electrons. The van der Waals surface area contributed by atoms with Gasteiger partial charge in [-0.2, -0.15) is 13.9 Å². The molecule has 0 radical (unpaired) electrons. The first-order valence-corrected chi connectivity index (χ1v) is 9.92. The van der Waals surface area contributed by atoms with E-state index in [2.05, 4.69) is 10.4 Å². The number of amides is 1. The van der Waals surface area contributed by atoms with Crippen molar-refractivity contribution in [2.75, 3.05) is 6.54 Å². The van der Waals surface area contributed by atoms with Gasteiger partial charge in [0.1, 0.15) is 0 Å².